The van der Waals surface area contributed by atoms with Gasteiger partial charge in [0.1, 0.15) is 18.5 Å². The van der Waals surface area contributed by atoms with Crippen molar-refractivity contribution in [3.63, 3.8) is 0 Å². The van der Waals surface area contributed by atoms with E-state index in [0.717, 1.165) is 23.3 Å². The molecular weight excluding hydrogens is 332 g/mol. The molecule has 0 radical (unpaired) electrons. The van der Waals surface area contributed by atoms with E-state index >= 15 is 0 Å². The molecule has 1 fully saturated rings. The van der Waals surface area contributed by atoms with Gasteiger partial charge in [-0.15, -0.1) is 10.2 Å². The molecular formula is C18H22N6O2. The van der Waals surface area contributed by atoms with Crippen molar-refractivity contribution in [1.82, 2.24) is 29.5 Å². The van der Waals surface area contributed by atoms with E-state index in [-0.39, 0.29) is 17.7 Å². The van der Waals surface area contributed by atoms with Gasteiger partial charge in [0.15, 0.2) is 5.69 Å². The highest BCUT2D eigenvalue weighted by molar-refractivity contribution is 5.99. The monoisotopic (exact) mass is 354 g/mol. The van der Waals surface area contributed by atoms with Crippen molar-refractivity contribution in [2.45, 2.75) is 31.8 Å². The molecule has 0 aliphatic heterocycles. The fourth-order valence-electron chi connectivity index (χ4n) is 3.77. The number of carbonyl (C=O) groups excluding carboxylic acids is 1. The lowest BCUT2D eigenvalue weighted by Gasteiger charge is -2.14. The maximum atomic E-state index is 12.6. The molecule has 0 spiro atoms. The van der Waals surface area contributed by atoms with E-state index in [1.165, 1.54) is 0 Å². The molecule has 3 heterocycles. The predicted molar refractivity (Wildman–Crippen MR) is 94.7 cm³/mol. The molecule has 0 unspecified atom stereocenters. The van der Waals surface area contributed by atoms with E-state index in [0.29, 0.717) is 18.7 Å². The number of nitrogens with one attached hydrogen (secondary N) is 1. The Morgan fingerprint density at radius 2 is 2.23 bits per heavy atom. The van der Waals surface area contributed by atoms with E-state index in [4.69, 9.17) is 0 Å². The summed E-state index contributed by atoms with van der Waals surface area (Å²) in [4.78, 5) is 16.8. The molecule has 3 aromatic rings. The molecule has 1 saturated carbocycles. The number of hydrogen-bond donors (Lipinski definition) is 2. The van der Waals surface area contributed by atoms with Crippen molar-refractivity contribution < 1.29 is 9.90 Å². The van der Waals surface area contributed by atoms with Gasteiger partial charge in [0.25, 0.3) is 5.91 Å². The van der Waals surface area contributed by atoms with Crippen LogP contribution in [0, 0.1) is 12.8 Å². The molecule has 136 valence electrons. The standard InChI is InChI=1S/C18H22N6O2/c1-11-3-4-24-9-20-16(14(24)5-11)18(26)19-8-13-6-12(7-15(13)25)17-22-21-10-23(17)2/h3-5,9-10,12-13,15,25H,6-8H2,1-2H3,(H,19,26)/t12-,13+,15+/m0/s1. The number of pyridine rings is 1. The van der Waals surface area contributed by atoms with Crippen molar-refractivity contribution in [3.05, 3.63) is 48.1 Å². The van der Waals surface area contributed by atoms with Crippen LogP contribution in [-0.4, -0.2) is 47.8 Å². The van der Waals surface area contributed by atoms with Crippen molar-refractivity contribution in [3.8, 4) is 0 Å². The molecule has 4 rings (SSSR count). The van der Waals surface area contributed by atoms with E-state index in [1.54, 1.807) is 12.7 Å². The third-order valence-corrected chi connectivity index (χ3v) is 5.20. The molecule has 8 heteroatoms. The summed E-state index contributed by atoms with van der Waals surface area (Å²) in [5.74, 6) is 0.826. The van der Waals surface area contributed by atoms with E-state index in [9.17, 15) is 9.90 Å². The Balaban J connectivity index is 1.43. The topological polar surface area (TPSA) is 97.3 Å². The predicted octanol–water partition coefficient (Wildman–Crippen LogP) is 1.06. The summed E-state index contributed by atoms with van der Waals surface area (Å²) < 4.78 is 3.72. The second kappa shape index (κ2) is 6.53. The van der Waals surface area contributed by atoms with Crippen LogP contribution in [0.3, 0.4) is 0 Å². The zero-order chi connectivity index (χ0) is 18.3. The number of fused-ring (bicyclic) bond motifs is 1. The number of carbonyl (C=O) groups is 1. The molecule has 0 aromatic carbocycles. The Labute approximate surface area is 150 Å². The van der Waals surface area contributed by atoms with E-state index in [2.05, 4.69) is 20.5 Å². The Morgan fingerprint density at radius 1 is 1.38 bits per heavy atom. The first-order chi connectivity index (χ1) is 12.5. The van der Waals surface area contributed by atoms with Gasteiger partial charge in [-0.05, 0) is 37.5 Å². The summed E-state index contributed by atoms with van der Waals surface area (Å²) in [5, 5.41) is 21.4. The maximum absolute atomic E-state index is 12.6. The van der Waals surface area contributed by atoms with Crippen LogP contribution in [0.2, 0.25) is 0 Å². The van der Waals surface area contributed by atoms with Crippen LogP contribution in [0.4, 0.5) is 0 Å². The average molecular weight is 354 g/mol. The Kier molecular flexibility index (Phi) is 4.20. The zero-order valence-corrected chi connectivity index (χ0v) is 14.8. The van der Waals surface area contributed by atoms with Crippen LogP contribution in [0.5, 0.6) is 0 Å². The summed E-state index contributed by atoms with van der Waals surface area (Å²) in [7, 11) is 1.91. The molecule has 1 aliphatic carbocycles. The smallest absolute Gasteiger partial charge is 0.272 e. The summed E-state index contributed by atoms with van der Waals surface area (Å²) >= 11 is 0. The molecule has 2 N–H and O–H groups in total. The summed E-state index contributed by atoms with van der Waals surface area (Å²) in [6.45, 7) is 2.40. The largest absolute Gasteiger partial charge is 0.393 e. The number of amides is 1. The highest BCUT2D eigenvalue weighted by atomic mass is 16.3. The van der Waals surface area contributed by atoms with Gasteiger partial charge in [0.05, 0.1) is 11.6 Å². The minimum atomic E-state index is -0.460. The molecule has 0 bridgehead atoms. The molecule has 1 amide bonds. The minimum Gasteiger partial charge on any atom is -0.393 e. The second-order valence-electron chi connectivity index (χ2n) is 7.10. The number of imidazole rings is 1. The van der Waals surface area contributed by atoms with Crippen LogP contribution < -0.4 is 5.32 Å². The summed E-state index contributed by atoms with van der Waals surface area (Å²) in [5.41, 5.74) is 2.27. The third kappa shape index (κ3) is 2.96. The minimum absolute atomic E-state index is 0.00346. The highest BCUT2D eigenvalue weighted by Gasteiger charge is 2.36. The molecule has 26 heavy (non-hydrogen) atoms. The number of nitrogens with zero attached hydrogens (tertiary/aromatic N) is 5. The summed E-state index contributed by atoms with van der Waals surface area (Å²) in [6.07, 6.45) is 6.15. The quantitative estimate of drug-likeness (QED) is 0.730. The molecule has 1 aliphatic rings. The van der Waals surface area contributed by atoms with E-state index < -0.39 is 6.10 Å². The molecule has 0 saturated heterocycles. The van der Waals surface area contributed by atoms with Crippen molar-refractivity contribution in [2.75, 3.05) is 6.54 Å². The fourth-order valence-corrected chi connectivity index (χ4v) is 3.77. The third-order valence-electron chi connectivity index (χ3n) is 5.20. The van der Waals surface area contributed by atoms with Crippen LogP contribution in [-0.2, 0) is 7.05 Å². The number of aryl methyl sites for hydroxylation is 2. The number of aliphatic hydroxyl groups excluding tert-OH is 1. The van der Waals surface area contributed by atoms with E-state index in [1.807, 2.05) is 41.3 Å². The SMILES string of the molecule is Cc1ccn2cnc(C(=O)NC[C@H]3C[C@H](c4nncn4C)C[C@H]3O)c2c1. The van der Waals surface area contributed by atoms with Gasteiger partial charge in [-0.25, -0.2) is 4.98 Å². The first-order valence-corrected chi connectivity index (χ1v) is 8.76. The van der Waals surface area contributed by atoms with Gasteiger partial charge >= 0.3 is 0 Å². The van der Waals surface area contributed by atoms with Crippen molar-refractivity contribution >= 4 is 11.4 Å². The fraction of sp³-hybridized carbons (Fsp3) is 0.444. The van der Waals surface area contributed by atoms with Crippen molar-refractivity contribution in [1.29, 1.82) is 0 Å². The van der Waals surface area contributed by atoms with Crippen LogP contribution in [0.1, 0.15) is 40.6 Å². The number of aliphatic hydroxyl groups is 1. The zero-order valence-electron chi connectivity index (χ0n) is 14.8. The highest BCUT2D eigenvalue weighted by Crippen LogP contribution is 2.37. The normalized spacial score (nSPS) is 22.8. The molecule has 3 aromatic heterocycles. The Hall–Kier alpha value is -2.74. The first kappa shape index (κ1) is 16.7. The first-order valence-electron chi connectivity index (χ1n) is 8.76. The van der Waals surface area contributed by atoms with Gasteiger partial charge in [0.2, 0.25) is 0 Å². The number of rotatable bonds is 4. The van der Waals surface area contributed by atoms with Gasteiger partial charge in [-0.2, -0.15) is 0 Å². The van der Waals surface area contributed by atoms with Crippen LogP contribution >= 0.6 is 0 Å². The average Bonchev–Trinajstić information content (AvgIpc) is 3.31. The molecule has 8 nitrogen and oxygen atoms in total. The number of hydrogen-bond acceptors (Lipinski definition) is 5. The van der Waals surface area contributed by atoms with Gasteiger partial charge in [-0.1, -0.05) is 0 Å². The van der Waals surface area contributed by atoms with Gasteiger partial charge in [-0.3, -0.25) is 4.79 Å². The lowest BCUT2D eigenvalue weighted by molar-refractivity contribution is 0.0914. The van der Waals surface area contributed by atoms with Gasteiger partial charge in [0, 0.05) is 31.6 Å². The van der Waals surface area contributed by atoms with Crippen molar-refractivity contribution in [2.24, 2.45) is 13.0 Å². The van der Waals surface area contributed by atoms with Gasteiger partial charge < -0.3 is 19.4 Å². The van der Waals surface area contributed by atoms with Crippen LogP contribution in [0.25, 0.3) is 5.52 Å². The lowest BCUT2D eigenvalue weighted by Crippen LogP contribution is -2.32. The molecule has 3 atom stereocenters. The maximum Gasteiger partial charge on any atom is 0.272 e. The number of aromatic nitrogens is 5. The Morgan fingerprint density at radius 3 is 3.00 bits per heavy atom. The second-order valence-corrected chi connectivity index (χ2v) is 7.10. The van der Waals surface area contributed by atoms with Crippen LogP contribution in [0.15, 0.2) is 31.0 Å². The Bertz CT molecular complexity index is 946. The lowest BCUT2D eigenvalue weighted by atomic mass is 10.0. The summed E-state index contributed by atoms with van der Waals surface area (Å²) in [6, 6.07) is 3.91.